The van der Waals surface area contributed by atoms with Crippen molar-refractivity contribution in [2.45, 2.75) is 13.5 Å². The quantitative estimate of drug-likeness (QED) is 0.872. The van der Waals surface area contributed by atoms with Crippen molar-refractivity contribution in [1.82, 2.24) is 15.5 Å². The van der Waals surface area contributed by atoms with Crippen molar-refractivity contribution in [2.24, 2.45) is 0 Å². The van der Waals surface area contributed by atoms with Gasteiger partial charge in [0.15, 0.2) is 0 Å². The molecule has 0 amide bonds. The van der Waals surface area contributed by atoms with Crippen molar-refractivity contribution in [3.05, 3.63) is 29.7 Å². The summed E-state index contributed by atoms with van der Waals surface area (Å²) in [5, 5.41) is 6.90. The molecule has 0 atom stereocenters. The highest BCUT2D eigenvalue weighted by Crippen LogP contribution is 2.24. The highest BCUT2D eigenvalue weighted by molar-refractivity contribution is 5.58. The summed E-state index contributed by atoms with van der Waals surface area (Å²) in [7, 11) is 3.49. The first-order chi connectivity index (χ1) is 8.24. The fourth-order valence-corrected chi connectivity index (χ4v) is 1.61. The van der Waals surface area contributed by atoms with E-state index in [2.05, 4.69) is 15.5 Å². The lowest BCUT2D eigenvalue weighted by Gasteiger charge is -2.04. The molecule has 1 N–H and O–H groups in total. The lowest BCUT2D eigenvalue weighted by atomic mass is 10.1. The van der Waals surface area contributed by atoms with Gasteiger partial charge in [0.05, 0.1) is 13.7 Å². The molecule has 90 valence electrons. The van der Waals surface area contributed by atoms with Gasteiger partial charge < -0.3 is 14.6 Å². The van der Waals surface area contributed by atoms with Crippen molar-refractivity contribution >= 4 is 0 Å². The Labute approximate surface area is 99.8 Å². The molecule has 1 aromatic heterocycles. The van der Waals surface area contributed by atoms with Gasteiger partial charge in [0, 0.05) is 5.56 Å². The minimum atomic E-state index is 0.572. The largest absolute Gasteiger partial charge is 0.496 e. The summed E-state index contributed by atoms with van der Waals surface area (Å²) in [6.07, 6.45) is 0. The van der Waals surface area contributed by atoms with Gasteiger partial charge in [0.1, 0.15) is 5.75 Å². The van der Waals surface area contributed by atoms with Crippen molar-refractivity contribution in [3.63, 3.8) is 0 Å². The van der Waals surface area contributed by atoms with Crippen LogP contribution in [0.1, 0.15) is 11.5 Å². The second kappa shape index (κ2) is 4.97. The predicted molar refractivity (Wildman–Crippen MR) is 63.8 cm³/mol. The lowest BCUT2D eigenvalue weighted by Crippen LogP contribution is -2.04. The molecule has 1 heterocycles. The van der Waals surface area contributed by atoms with E-state index < -0.39 is 0 Å². The number of nitrogens with zero attached hydrogens (tertiary/aromatic N) is 2. The standard InChI is InChI=1S/C12H15N3O2/c1-8-6-9(4-5-10(8)16-3)12-14-11(7-13-2)17-15-12/h4-6,13H,7H2,1-3H3. The van der Waals surface area contributed by atoms with Crippen LogP contribution in [0.4, 0.5) is 0 Å². The Kier molecular flexibility index (Phi) is 3.39. The fourth-order valence-electron chi connectivity index (χ4n) is 1.61. The Morgan fingerprint density at radius 2 is 2.24 bits per heavy atom. The Morgan fingerprint density at radius 1 is 1.41 bits per heavy atom. The minimum absolute atomic E-state index is 0.572. The summed E-state index contributed by atoms with van der Waals surface area (Å²) in [5.41, 5.74) is 1.97. The van der Waals surface area contributed by atoms with E-state index in [1.165, 1.54) is 0 Å². The van der Waals surface area contributed by atoms with Gasteiger partial charge in [-0.05, 0) is 37.7 Å². The number of benzene rings is 1. The lowest BCUT2D eigenvalue weighted by molar-refractivity contribution is 0.372. The summed E-state index contributed by atoms with van der Waals surface area (Å²) < 4.78 is 10.3. The van der Waals surface area contributed by atoms with Gasteiger partial charge in [-0.15, -0.1) is 0 Å². The molecule has 2 rings (SSSR count). The molecule has 0 radical (unpaired) electrons. The number of hydrogen-bond donors (Lipinski definition) is 1. The predicted octanol–water partition coefficient (Wildman–Crippen LogP) is 1.77. The highest BCUT2D eigenvalue weighted by atomic mass is 16.5. The summed E-state index contributed by atoms with van der Waals surface area (Å²) >= 11 is 0. The van der Waals surface area contributed by atoms with E-state index in [-0.39, 0.29) is 0 Å². The Hall–Kier alpha value is -1.88. The van der Waals surface area contributed by atoms with E-state index in [1.54, 1.807) is 7.11 Å². The third-order valence-electron chi connectivity index (χ3n) is 2.45. The number of aryl methyl sites for hydroxylation is 1. The number of ether oxygens (including phenoxy) is 1. The van der Waals surface area contributed by atoms with E-state index in [4.69, 9.17) is 9.26 Å². The fraction of sp³-hybridized carbons (Fsp3) is 0.333. The third-order valence-corrected chi connectivity index (χ3v) is 2.45. The van der Waals surface area contributed by atoms with Gasteiger partial charge in [-0.25, -0.2) is 0 Å². The zero-order chi connectivity index (χ0) is 12.3. The number of aromatic nitrogens is 2. The zero-order valence-electron chi connectivity index (χ0n) is 10.2. The molecule has 5 heteroatoms. The SMILES string of the molecule is CNCc1nc(-c2ccc(OC)c(C)c2)no1. The first-order valence-electron chi connectivity index (χ1n) is 5.37. The van der Waals surface area contributed by atoms with Crippen LogP contribution in [0.2, 0.25) is 0 Å². The van der Waals surface area contributed by atoms with E-state index in [9.17, 15) is 0 Å². The molecule has 0 unspecified atom stereocenters. The van der Waals surface area contributed by atoms with Crippen molar-refractivity contribution < 1.29 is 9.26 Å². The molecule has 2 aromatic rings. The molecule has 0 aliphatic carbocycles. The van der Waals surface area contributed by atoms with Gasteiger partial charge in [0.25, 0.3) is 0 Å². The van der Waals surface area contributed by atoms with Crippen LogP contribution in [0, 0.1) is 6.92 Å². The first kappa shape index (κ1) is 11.6. The van der Waals surface area contributed by atoms with E-state index in [0.29, 0.717) is 18.3 Å². The molecule has 0 saturated heterocycles. The molecule has 17 heavy (non-hydrogen) atoms. The van der Waals surface area contributed by atoms with E-state index in [1.807, 2.05) is 32.2 Å². The zero-order valence-corrected chi connectivity index (χ0v) is 10.2. The highest BCUT2D eigenvalue weighted by Gasteiger charge is 2.09. The number of methoxy groups -OCH3 is 1. The Morgan fingerprint density at radius 3 is 2.88 bits per heavy atom. The van der Waals surface area contributed by atoms with Gasteiger partial charge in [-0.3, -0.25) is 0 Å². The molecule has 0 fully saturated rings. The smallest absolute Gasteiger partial charge is 0.240 e. The van der Waals surface area contributed by atoms with E-state index >= 15 is 0 Å². The maximum absolute atomic E-state index is 5.21. The second-order valence-corrected chi connectivity index (χ2v) is 3.73. The summed E-state index contributed by atoms with van der Waals surface area (Å²) in [5.74, 6) is 2.03. The maximum atomic E-state index is 5.21. The molecular weight excluding hydrogens is 218 g/mol. The Bertz CT molecular complexity index is 508. The molecule has 0 spiro atoms. The number of rotatable bonds is 4. The van der Waals surface area contributed by atoms with Crippen LogP contribution in [-0.2, 0) is 6.54 Å². The molecule has 0 saturated carbocycles. The summed E-state index contributed by atoms with van der Waals surface area (Å²) in [4.78, 5) is 4.29. The summed E-state index contributed by atoms with van der Waals surface area (Å²) in [6, 6.07) is 5.80. The Balaban J connectivity index is 2.29. The molecule has 5 nitrogen and oxygen atoms in total. The monoisotopic (exact) mass is 233 g/mol. The number of hydrogen-bond acceptors (Lipinski definition) is 5. The summed E-state index contributed by atoms with van der Waals surface area (Å²) in [6.45, 7) is 2.55. The van der Waals surface area contributed by atoms with Crippen LogP contribution < -0.4 is 10.1 Å². The molecule has 1 aromatic carbocycles. The van der Waals surface area contributed by atoms with Gasteiger partial charge in [-0.1, -0.05) is 5.16 Å². The topological polar surface area (TPSA) is 60.2 Å². The van der Waals surface area contributed by atoms with Crippen molar-refractivity contribution in [2.75, 3.05) is 14.2 Å². The van der Waals surface area contributed by atoms with Gasteiger partial charge in [-0.2, -0.15) is 4.98 Å². The molecular formula is C12H15N3O2. The molecule has 0 bridgehead atoms. The van der Waals surface area contributed by atoms with Crippen molar-refractivity contribution in [3.8, 4) is 17.1 Å². The molecule has 0 aliphatic heterocycles. The van der Waals surface area contributed by atoms with Crippen LogP contribution in [0.15, 0.2) is 22.7 Å². The second-order valence-electron chi connectivity index (χ2n) is 3.73. The minimum Gasteiger partial charge on any atom is -0.496 e. The number of nitrogens with one attached hydrogen (secondary N) is 1. The molecule has 0 aliphatic rings. The average molecular weight is 233 g/mol. The van der Waals surface area contributed by atoms with Crippen LogP contribution in [0.3, 0.4) is 0 Å². The third kappa shape index (κ3) is 2.45. The van der Waals surface area contributed by atoms with Crippen LogP contribution >= 0.6 is 0 Å². The van der Waals surface area contributed by atoms with Gasteiger partial charge in [0.2, 0.25) is 11.7 Å². The van der Waals surface area contributed by atoms with Crippen LogP contribution in [0.5, 0.6) is 5.75 Å². The van der Waals surface area contributed by atoms with E-state index in [0.717, 1.165) is 16.9 Å². The van der Waals surface area contributed by atoms with Crippen LogP contribution in [-0.4, -0.2) is 24.3 Å². The van der Waals surface area contributed by atoms with Gasteiger partial charge >= 0.3 is 0 Å². The maximum Gasteiger partial charge on any atom is 0.240 e. The normalized spacial score (nSPS) is 10.5. The average Bonchev–Trinajstić information content (AvgIpc) is 2.78. The van der Waals surface area contributed by atoms with Crippen molar-refractivity contribution in [1.29, 1.82) is 0 Å². The first-order valence-corrected chi connectivity index (χ1v) is 5.37. The van der Waals surface area contributed by atoms with Crippen LogP contribution in [0.25, 0.3) is 11.4 Å².